The second kappa shape index (κ2) is 7.51. The van der Waals surface area contributed by atoms with Crippen LogP contribution in [0, 0.1) is 0 Å². The fraction of sp³-hybridized carbons (Fsp3) is 0.100. The van der Waals surface area contributed by atoms with Crippen LogP contribution in [0.1, 0.15) is 21.1 Å². The van der Waals surface area contributed by atoms with Gasteiger partial charge >= 0.3 is 0 Å². The average molecular weight is 375 g/mol. The van der Waals surface area contributed by atoms with Gasteiger partial charge in [0.25, 0.3) is 5.91 Å². The first-order valence-corrected chi connectivity index (χ1v) is 9.28. The molecule has 0 aliphatic carbocycles. The highest BCUT2D eigenvalue weighted by Crippen LogP contribution is 2.21. The van der Waals surface area contributed by atoms with E-state index in [4.69, 9.17) is 0 Å². The van der Waals surface area contributed by atoms with E-state index >= 15 is 0 Å². The van der Waals surface area contributed by atoms with Crippen LogP contribution in [0.5, 0.6) is 0 Å². The molecule has 2 heterocycles. The molecule has 4 rings (SSSR count). The molecule has 0 spiro atoms. The molecular formula is C20H17N5OS. The lowest BCUT2D eigenvalue weighted by Gasteiger charge is -2.00. The highest BCUT2D eigenvalue weighted by molar-refractivity contribution is 7.15. The van der Waals surface area contributed by atoms with Gasteiger partial charge < -0.3 is 0 Å². The fourth-order valence-corrected chi connectivity index (χ4v) is 3.51. The molecule has 0 radical (unpaired) electrons. The Labute approximate surface area is 160 Å². The maximum absolute atomic E-state index is 12.6. The van der Waals surface area contributed by atoms with Crippen molar-refractivity contribution in [2.45, 2.75) is 6.42 Å². The van der Waals surface area contributed by atoms with E-state index < -0.39 is 0 Å². The molecule has 2 aromatic carbocycles. The third-order valence-electron chi connectivity index (χ3n) is 4.07. The lowest BCUT2D eigenvalue weighted by molar-refractivity contribution is 0.101. The predicted octanol–water partition coefficient (Wildman–Crippen LogP) is 3.78. The second-order valence-corrected chi connectivity index (χ2v) is 7.08. The Hall–Kier alpha value is -3.32. The minimum atomic E-state index is -0.255. The monoisotopic (exact) mass is 375 g/mol. The van der Waals surface area contributed by atoms with Crippen LogP contribution in [-0.4, -0.2) is 25.9 Å². The van der Waals surface area contributed by atoms with Gasteiger partial charge in [-0.2, -0.15) is 5.10 Å². The van der Waals surface area contributed by atoms with Gasteiger partial charge in [0.05, 0.1) is 5.69 Å². The number of benzene rings is 2. The minimum absolute atomic E-state index is 0.255. The summed E-state index contributed by atoms with van der Waals surface area (Å²) in [5.41, 5.74) is 3.35. The standard InChI is InChI=1S/C20H17N5OS/c1-25-17(13-16(24-25)15-10-6-3-7-11-15)19(26)21-20-23-22-18(27-20)12-14-8-4-2-5-9-14/h2-11,13H,12H2,1H3,(H,21,23,26). The average Bonchev–Trinajstić information content (AvgIpc) is 3.29. The lowest BCUT2D eigenvalue weighted by atomic mass is 10.1. The van der Waals surface area contributed by atoms with E-state index in [9.17, 15) is 4.79 Å². The first kappa shape index (κ1) is 17.1. The van der Waals surface area contributed by atoms with Gasteiger partial charge in [-0.05, 0) is 11.6 Å². The summed E-state index contributed by atoms with van der Waals surface area (Å²) in [4.78, 5) is 12.6. The zero-order valence-corrected chi connectivity index (χ0v) is 15.5. The Kier molecular flexibility index (Phi) is 4.76. The van der Waals surface area contributed by atoms with Crippen molar-refractivity contribution in [1.29, 1.82) is 0 Å². The number of nitrogens with one attached hydrogen (secondary N) is 1. The van der Waals surface area contributed by atoms with Gasteiger partial charge in [0, 0.05) is 19.0 Å². The normalized spacial score (nSPS) is 10.7. The van der Waals surface area contributed by atoms with Crippen molar-refractivity contribution in [2.75, 3.05) is 5.32 Å². The third-order valence-corrected chi connectivity index (χ3v) is 4.91. The first-order chi connectivity index (χ1) is 13.2. The molecule has 0 saturated carbocycles. The Bertz CT molecular complexity index is 1060. The van der Waals surface area contributed by atoms with Crippen LogP contribution in [-0.2, 0) is 13.5 Å². The molecule has 4 aromatic rings. The molecule has 0 fully saturated rings. The summed E-state index contributed by atoms with van der Waals surface area (Å²) in [6.07, 6.45) is 0.693. The number of aromatic nitrogens is 4. The van der Waals surface area contributed by atoms with Gasteiger partial charge in [-0.1, -0.05) is 72.0 Å². The SMILES string of the molecule is Cn1nc(-c2ccccc2)cc1C(=O)Nc1nnc(Cc2ccccc2)s1. The quantitative estimate of drug-likeness (QED) is 0.576. The van der Waals surface area contributed by atoms with Crippen LogP contribution < -0.4 is 5.32 Å². The minimum Gasteiger partial charge on any atom is -0.295 e. The van der Waals surface area contributed by atoms with Gasteiger partial charge in [-0.25, -0.2) is 0 Å². The van der Waals surface area contributed by atoms with Gasteiger partial charge in [-0.3, -0.25) is 14.8 Å². The third kappa shape index (κ3) is 3.93. The van der Waals surface area contributed by atoms with E-state index in [0.717, 1.165) is 21.8 Å². The molecule has 0 saturated heterocycles. The topological polar surface area (TPSA) is 72.7 Å². The highest BCUT2D eigenvalue weighted by Gasteiger charge is 2.16. The molecule has 1 amide bonds. The van der Waals surface area contributed by atoms with Gasteiger partial charge in [-0.15, -0.1) is 10.2 Å². The molecule has 7 heteroatoms. The number of aryl methyl sites for hydroxylation is 1. The van der Waals surface area contributed by atoms with Crippen LogP contribution in [0.4, 0.5) is 5.13 Å². The van der Waals surface area contributed by atoms with Crippen LogP contribution in [0.15, 0.2) is 66.7 Å². The zero-order valence-electron chi connectivity index (χ0n) is 14.7. The number of carbonyl (C=O) groups is 1. The highest BCUT2D eigenvalue weighted by atomic mass is 32.1. The van der Waals surface area contributed by atoms with E-state index in [0.29, 0.717) is 17.2 Å². The van der Waals surface area contributed by atoms with Gasteiger partial charge in [0.1, 0.15) is 10.7 Å². The molecule has 134 valence electrons. The van der Waals surface area contributed by atoms with Crippen molar-refractivity contribution in [1.82, 2.24) is 20.0 Å². The smallest absolute Gasteiger partial charge is 0.275 e. The van der Waals surface area contributed by atoms with E-state index in [1.54, 1.807) is 17.8 Å². The Balaban J connectivity index is 1.48. The van der Waals surface area contributed by atoms with E-state index in [1.807, 2.05) is 60.7 Å². The summed E-state index contributed by atoms with van der Waals surface area (Å²) in [5.74, 6) is -0.255. The summed E-state index contributed by atoms with van der Waals surface area (Å²) < 4.78 is 1.57. The Morgan fingerprint density at radius 2 is 1.74 bits per heavy atom. The number of carbonyl (C=O) groups excluding carboxylic acids is 1. The molecule has 1 N–H and O–H groups in total. The summed E-state index contributed by atoms with van der Waals surface area (Å²) in [7, 11) is 1.75. The van der Waals surface area contributed by atoms with Crippen molar-refractivity contribution in [3.8, 4) is 11.3 Å². The molecule has 27 heavy (non-hydrogen) atoms. The zero-order chi connectivity index (χ0) is 18.6. The maximum Gasteiger partial charge on any atom is 0.275 e. The molecule has 0 unspecified atom stereocenters. The number of nitrogens with zero attached hydrogens (tertiary/aromatic N) is 4. The molecule has 2 aromatic heterocycles. The number of hydrogen-bond donors (Lipinski definition) is 1. The van der Waals surface area contributed by atoms with Gasteiger partial charge in [0.2, 0.25) is 5.13 Å². The largest absolute Gasteiger partial charge is 0.295 e. The van der Waals surface area contributed by atoms with Crippen molar-refractivity contribution in [2.24, 2.45) is 7.05 Å². The Morgan fingerprint density at radius 3 is 2.48 bits per heavy atom. The Morgan fingerprint density at radius 1 is 1.04 bits per heavy atom. The van der Waals surface area contributed by atoms with E-state index in [2.05, 4.69) is 20.6 Å². The number of rotatable bonds is 5. The molecule has 6 nitrogen and oxygen atoms in total. The van der Waals surface area contributed by atoms with Crippen molar-refractivity contribution < 1.29 is 4.79 Å². The van der Waals surface area contributed by atoms with Gasteiger partial charge in [0.15, 0.2) is 0 Å². The molecule has 0 atom stereocenters. The second-order valence-electron chi connectivity index (χ2n) is 6.02. The van der Waals surface area contributed by atoms with Crippen molar-refractivity contribution in [3.63, 3.8) is 0 Å². The fourth-order valence-electron chi connectivity index (χ4n) is 2.74. The summed E-state index contributed by atoms with van der Waals surface area (Å²) in [5, 5.41) is 16.8. The lowest BCUT2D eigenvalue weighted by Crippen LogP contribution is -2.15. The van der Waals surface area contributed by atoms with E-state index in [-0.39, 0.29) is 5.91 Å². The number of hydrogen-bond acceptors (Lipinski definition) is 5. The number of anilines is 1. The van der Waals surface area contributed by atoms with Crippen molar-refractivity contribution in [3.05, 3.63) is 83.0 Å². The van der Waals surface area contributed by atoms with E-state index in [1.165, 1.54) is 11.3 Å². The number of amides is 1. The maximum atomic E-state index is 12.6. The van der Waals surface area contributed by atoms with Crippen LogP contribution in [0.2, 0.25) is 0 Å². The molecule has 0 bridgehead atoms. The van der Waals surface area contributed by atoms with Crippen LogP contribution in [0.25, 0.3) is 11.3 Å². The summed E-state index contributed by atoms with van der Waals surface area (Å²) in [6.45, 7) is 0. The van der Waals surface area contributed by atoms with Crippen LogP contribution in [0.3, 0.4) is 0 Å². The van der Waals surface area contributed by atoms with Crippen molar-refractivity contribution >= 4 is 22.4 Å². The summed E-state index contributed by atoms with van der Waals surface area (Å²) in [6, 6.07) is 21.6. The first-order valence-electron chi connectivity index (χ1n) is 8.46. The predicted molar refractivity (Wildman–Crippen MR) is 106 cm³/mol. The molecular weight excluding hydrogens is 358 g/mol. The van der Waals surface area contributed by atoms with Crippen LogP contribution >= 0.6 is 11.3 Å². The summed E-state index contributed by atoms with van der Waals surface area (Å²) >= 11 is 1.38. The molecule has 0 aliphatic heterocycles. The molecule has 0 aliphatic rings.